The molecule has 2 aliphatic rings. The lowest BCUT2D eigenvalue weighted by molar-refractivity contribution is -0.163. The van der Waals surface area contributed by atoms with Gasteiger partial charge in [0.15, 0.2) is 5.79 Å². The van der Waals surface area contributed by atoms with Crippen molar-refractivity contribution in [3.63, 3.8) is 0 Å². The number of halogens is 2. The summed E-state index contributed by atoms with van der Waals surface area (Å²) in [6, 6.07) is 17.7. The van der Waals surface area contributed by atoms with Gasteiger partial charge in [0.25, 0.3) is 0 Å². The molecule has 0 spiro atoms. The molecule has 37 heavy (non-hydrogen) atoms. The number of hydrogen-bond acceptors (Lipinski definition) is 4. The van der Waals surface area contributed by atoms with Crippen molar-refractivity contribution >= 4 is 29.1 Å². The molecule has 1 amide bonds. The van der Waals surface area contributed by atoms with Crippen LogP contribution in [0, 0.1) is 16.7 Å². The van der Waals surface area contributed by atoms with E-state index in [1.54, 1.807) is 0 Å². The smallest absolute Gasteiger partial charge is 0.229 e. The first-order valence-electron chi connectivity index (χ1n) is 13.1. The lowest BCUT2D eigenvalue weighted by Gasteiger charge is -2.52. The van der Waals surface area contributed by atoms with Gasteiger partial charge in [-0.25, -0.2) is 0 Å². The molecule has 2 saturated heterocycles. The Morgan fingerprint density at radius 2 is 1.84 bits per heavy atom. The van der Waals surface area contributed by atoms with Gasteiger partial charge in [0, 0.05) is 33.8 Å². The molecule has 2 aromatic carbocycles. The summed E-state index contributed by atoms with van der Waals surface area (Å²) in [5.41, 5.74) is 1.45. The molecule has 0 saturated carbocycles. The van der Waals surface area contributed by atoms with Crippen LogP contribution in [0.25, 0.3) is 0 Å². The number of likely N-dealkylation sites (tertiary alicyclic amines) is 1. The Morgan fingerprint density at radius 3 is 2.43 bits per heavy atom. The van der Waals surface area contributed by atoms with Gasteiger partial charge in [-0.15, -0.1) is 0 Å². The third-order valence-corrected chi connectivity index (χ3v) is 8.28. The summed E-state index contributed by atoms with van der Waals surface area (Å²) in [5, 5.41) is 10.7. The van der Waals surface area contributed by atoms with Crippen molar-refractivity contribution in [2.75, 3.05) is 6.61 Å². The highest BCUT2D eigenvalue weighted by Gasteiger charge is 2.53. The van der Waals surface area contributed by atoms with Gasteiger partial charge in [0.2, 0.25) is 5.91 Å². The van der Waals surface area contributed by atoms with Gasteiger partial charge in [-0.1, -0.05) is 61.3 Å². The molecule has 198 valence electrons. The summed E-state index contributed by atoms with van der Waals surface area (Å²) in [6.07, 6.45) is 2.80. The molecular weight excluding hydrogens is 507 g/mol. The van der Waals surface area contributed by atoms with Gasteiger partial charge in [0.05, 0.1) is 24.8 Å². The maximum Gasteiger partial charge on any atom is 0.229 e. The molecule has 0 aliphatic carbocycles. The third-order valence-electron chi connectivity index (χ3n) is 7.79. The minimum atomic E-state index is -0.676. The second kappa shape index (κ2) is 11.3. The zero-order valence-corrected chi connectivity index (χ0v) is 23.6. The maximum absolute atomic E-state index is 14.5. The molecule has 4 rings (SSSR count). The fraction of sp³-hybridized carbons (Fsp3) is 0.533. The van der Waals surface area contributed by atoms with E-state index < -0.39 is 11.2 Å². The first-order valence-corrected chi connectivity index (χ1v) is 13.8. The fourth-order valence-electron chi connectivity index (χ4n) is 6.11. The minimum Gasteiger partial charge on any atom is -0.348 e. The van der Waals surface area contributed by atoms with Crippen LogP contribution >= 0.6 is 23.2 Å². The van der Waals surface area contributed by atoms with Crippen LogP contribution in [0.5, 0.6) is 0 Å². The number of carbonyl (C=O) groups is 1. The monoisotopic (exact) mass is 542 g/mol. The van der Waals surface area contributed by atoms with E-state index in [4.69, 9.17) is 32.7 Å². The number of amides is 1. The second-order valence-electron chi connectivity index (χ2n) is 11.0. The normalized spacial score (nSPS) is 28.2. The lowest BCUT2D eigenvalue weighted by Crippen LogP contribution is -2.56. The largest absolute Gasteiger partial charge is 0.348 e. The average Bonchev–Trinajstić information content (AvgIpc) is 3.20. The van der Waals surface area contributed by atoms with E-state index >= 15 is 0 Å². The van der Waals surface area contributed by atoms with Crippen LogP contribution in [0.1, 0.15) is 82.9 Å². The van der Waals surface area contributed by atoms with E-state index in [2.05, 4.69) is 30.9 Å². The minimum absolute atomic E-state index is 0.00552. The number of nitriles is 1. The standard InChI is InChI=1S/C30H36Cl2N2O3/c1-5-24(10-7-15-33)34-27(20-11-13-22(31)14-12-20)26(21-8-6-9-23(32)16-21)18-30(4,28(34)35)17-25-19-36-29(2,3)37-25/h6,8-9,11-14,16,24-27H,5,7,10,17-19H2,1-4H3/t24-,25?,26+,27+,30-/m0/s1. The zero-order valence-electron chi connectivity index (χ0n) is 22.0. The molecule has 1 unspecified atom stereocenters. The van der Waals surface area contributed by atoms with Crippen LogP contribution < -0.4 is 0 Å². The fourth-order valence-corrected chi connectivity index (χ4v) is 6.43. The van der Waals surface area contributed by atoms with Crippen LogP contribution in [0.15, 0.2) is 48.5 Å². The predicted molar refractivity (Wildman–Crippen MR) is 146 cm³/mol. The van der Waals surface area contributed by atoms with Crippen molar-refractivity contribution in [3.05, 3.63) is 69.7 Å². The SMILES string of the molecule is CC[C@@H](CCC#N)N1C(=O)[C@@](C)(CC2COC(C)(C)O2)C[C@H](c2cccc(Cl)c2)[C@H]1c1ccc(Cl)cc1. The number of piperidine rings is 1. The molecule has 5 atom stereocenters. The molecule has 2 aliphatic heterocycles. The number of hydrogen-bond donors (Lipinski definition) is 0. The number of nitrogens with zero attached hydrogens (tertiary/aromatic N) is 2. The highest BCUT2D eigenvalue weighted by atomic mass is 35.5. The molecule has 0 N–H and O–H groups in total. The molecule has 5 nitrogen and oxygen atoms in total. The topological polar surface area (TPSA) is 62.6 Å². The van der Waals surface area contributed by atoms with Crippen LogP contribution in [0.4, 0.5) is 0 Å². The first kappa shape index (κ1) is 27.9. The molecule has 2 aromatic rings. The van der Waals surface area contributed by atoms with Crippen LogP contribution in [0.2, 0.25) is 10.0 Å². The summed E-state index contributed by atoms with van der Waals surface area (Å²) in [5.74, 6) is -0.562. The van der Waals surface area contributed by atoms with E-state index in [1.807, 2.05) is 56.3 Å². The van der Waals surface area contributed by atoms with Crippen molar-refractivity contribution in [1.29, 1.82) is 5.26 Å². The summed E-state index contributed by atoms with van der Waals surface area (Å²) >= 11 is 12.7. The molecule has 2 heterocycles. The van der Waals surface area contributed by atoms with Gasteiger partial charge in [-0.05, 0) is 74.9 Å². The molecular formula is C30H36Cl2N2O3. The third kappa shape index (κ3) is 6.15. The van der Waals surface area contributed by atoms with E-state index in [9.17, 15) is 10.1 Å². The number of ether oxygens (including phenoxy) is 2. The Balaban J connectivity index is 1.83. The first-order chi connectivity index (χ1) is 17.6. The van der Waals surface area contributed by atoms with Gasteiger partial charge >= 0.3 is 0 Å². The molecule has 0 radical (unpaired) electrons. The summed E-state index contributed by atoms with van der Waals surface area (Å²) in [4.78, 5) is 16.6. The van der Waals surface area contributed by atoms with Gasteiger partial charge in [0.1, 0.15) is 0 Å². The quantitative estimate of drug-likeness (QED) is 0.343. The van der Waals surface area contributed by atoms with Crippen molar-refractivity contribution < 1.29 is 14.3 Å². The number of benzene rings is 2. The van der Waals surface area contributed by atoms with Crippen LogP contribution in [0.3, 0.4) is 0 Å². The van der Waals surface area contributed by atoms with Crippen LogP contribution in [-0.4, -0.2) is 35.3 Å². The van der Waals surface area contributed by atoms with Crippen molar-refractivity contribution in [1.82, 2.24) is 4.90 Å². The summed E-state index contributed by atoms with van der Waals surface area (Å²) < 4.78 is 12.0. The summed E-state index contributed by atoms with van der Waals surface area (Å²) in [6.45, 7) is 8.42. The number of rotatable bonds is 8. The van der Waals surface area contributed by atoms with Gasteiger partial charge in [-0.3, -0.25) is 4.79 Å². The molecule has 2 fully saturated rings. The second-order valence-corrected chi connectivity index (χ2v) is 11.9. The van der Waals surface area contributed by atoms with Crippen molar-refractivity contribution in [2.24, 2.45) is 5.41 Å². The predicted octanol–water partition coefficient (Wildman–Crippen LogP) is 7.68. The van der Waals surface area contributed by atoms with Crippen molar-refractivity contribution in [2.45, 2.75) is 89.7 Å². The lowest BCUT2D eigenvalue weighted by atomic mass is 9.66. The highest BCUT2D eigenvalue weighted by Crippen LogP contribution is 2.53. The van der Waals surface area contributed by atoms with E-state index in [0.29, 0.717) is 42.3 Å². The maximum atomic E-state index is 14.5. The van der Waals surface area contributed by atoms with E-state index in [0.717, 1.165) is 17.5 Å². The van der Waals surface area contributed by atoms with Crippen molar-refractivity contribution in [3.8, 4) is 6.07 Å². The van der Waals surface area contributed by atoms with Crippen LogP contribution in [-0.2, 0) is 14.3 Å². The Kier molecular flexibility index (Phi) is 8.55. The number of carbonyl (C=O) groups excluding carboxylic acids is 1. The van der Waals surface area contributed by atoms with E-state index in [1.165, 1.54) is 0 Å². The highest BCUT2D eigenvalue weighted by molar-refractivity contribution is 6.30. The van der Waals surface area contributed by atoms with Gasteiger partial charge < -0.3 is 14.4 Å². The van der Waals surface area contributed by atoms with E-state index in [-0.39, 0.29) is 30.0 Å². The molecule has 0 bridgehead atoms. The Bertz CT molecular complexity index is 1150. The Hall–Kier alpha value is -2.10. The molecule has 0 aromatic heterocycles. The summed E-state index contributed by atoms with van der Waals surface area (Å²) in [7, 11) is 0. The molecule has 7 heteroatoms. The average molecular weight is 544 g/mol. The Labute approximate surface area is 230 Å². The Morgan fingerprint density at radius 1 is 1.11 bits per heavy atom. The van der Waals surface area contributed by atoms with Gasteiger partial charge in [-0.2, -0.15) is 5.26 Å². The zero-order chi connectivity index (χ0) is 26.8.